The van der Waals surface area contributed by atoms with E-state index in [0.717, 1.165) is 11.1 Å². The summed E-state index contributed by atoms with van der Waals surface area (Å²) in [7, 11) is 1.77. The van der Waals surface area contributed by atoms with Gasteiger partial charge in [-0.2, -0.15) is 0 Å². The molecule has 0 aliphatic rings. The Bertz CT molecular complexity index is 927. The largest absolute Gasteiger partial charge is 0.341 e. The summed E-state index contributed by atoms with van der Waals surface area (Å²) in [6.45, 7) is 0.550. The Morgan fingerprint density at radius 3 is 2.42 bits per heavy atom. The van der Waals surface area contributed by atoms with Crippen molar-refractivity contribution in [2.24, 2.45) is 0 Å². The standard InChI is InChI=1S/C20H19N3O2S/c1-23(13-15-8-4-2-5-9-15)19(25)14-26-20-21-17(12-18(24)22-20)16-10-6-3-7-11-16/h2-12H,13-14H2,1H3,(H,21,22,24). The fraction of sp³-hybridized carbons (Fsp3) is 0.150. The maximum atomic E-state index is 12.3. The molecule has 0 saturated heterocycles. The SMILES string of the molecule is CN(Cc1ccccc1)C(=O)CSc1nc(-c2ccccc2)cc(=O)[nH]1. The number of carbonyl (C=O) groups is 1. The van der Waals surface area contributed by atoms with Crippen LogP contribution in [0.1, 0.15) is 5.56 Å². The van der Waals surface area contributed by atoms with Gasteiger partial charge in [0.25, 0.3) is 5.56 Å². The Morgan fingerprint density at radius 1 is 1.08 bits per heavy atom. The first-order valence-electron chi connectivity index (χ1n) is 8.19. The molecule has 0 spiro atoms. The first-order chi connectivity index (χ1) is 12.6. The molecule has 132 valence electrons. The highest BCUT2D eigenvalue weighted by Crippen LogP contribution is 2.19. The molecular weight excluding hydrogens is 346 g/mol. The molecule has 0 bridgehead atoms. The van der Waals surface area contributed by atoms with Crippen molar-refractivity contribution in [3.8, 4) is 11.3 Å². The highest BCUT2D eigenvalue weighted by Gasteiger charge is 2.12. The summed E-state index contributed by atoms with van der Waals surface area (Å²) in [6, 6.07) is 20.8. The van der Waals surface area contributed by atoms with Gasteiger partial charge in [0.2, 0.25) is 5.91 Å². The third kappa shape index (κ3) is 4.83. The van der Waals surface area contributed by atoms with Crippen LogP contribution >= 0.6 is 11.8 Å². The summed E-state index contributed by atoms with van der Waals surface area (Å²) in [5, 5.41) is 0.442. The number of nitrogens with one attached hydrogen (secondary N) is 1. The van der Waals surface area contributed by atoms with Crippen LogP contribution in [0.25, 0.3) is 11.3 Å². The molecule has 0 aliphatic heterocycles. The average Bonchev–Trinajstić information content (AvgIpc) is 2.67. The van der Waals surface area contributed by atoms with Crippen molar-refractivity contribution < 1.29 is 4.79 Å². The van der Waals surface area contributed by atoms with Crippen LogP contribution in [0.4, 0.5) is 0 Å². The molecule has 5 nitrogen and oxygen atoms in total. The van der Waals surface area contributed by atoms with Crippen LogP contribution in [0.5, 0.6) is 0 Å². The highest BCUT2D eigenvalue weighted by molar-refractivity contribution is 7.99. The molecule has 0 radical (unpaired) electrons. The Morgan fingerprint density at radius 2 is 1.73 bits per heavy atom. The summed E-state index contributed by atoms with van der Waals surface area (Å²) in [5.74, 6) is 0.191. The average molecular weight is 365 g/mol. The van der Waals surface area contributed by atoms with E-state index in [1.54, 1.807) is 11.9 Å². The number of amides is 1. The van der Waals surface area contributed by atoms with E-state index in [9.17, 15) is 9.59 Å². The monoisotopic (exact) mass is 365 g/mol. The molecule has 3 rings (SSSR count). The molecule has 1 aromatic heterocycles. The molecule has 0 unspecified atom stereocenters. The Kier molecular flexibility index (Phi) is 5.86. The molecule has 26 heavy (non-hydrogen) atoms. The molecule has 3 aromatic rings. The van der Waals surface area contributed by atoms with Gasteiger partial charge >= 0.3 is 0 Å². The second-order valence-electron chi connectivity index (χ2n) is 5.83. The van der Waals surface area contributed by atoms with Gasteiger partial charge in [-0.15, -0.1) is 0 Å². The lowest BCUT2D eigenvalue weighted by Crippen LogP contribution is -2.28. The number of aromatic amines is 1. The van der Waals surface area contributed by atoms with Gasteiger partial charge in [0.1, 0.15) is 0 Å². The van der Waals surface area contributed by atoms with Crippen LogP contribution in [0, 0.1) is 0 Å². The molecule has 0 aliphatic carbocycles. The first-order valence-corrected chi connectivity index (χ1v) is 9.18. The predicted octanol–water partition coefficient (Wildman–Crippen LogP) is 3.19. The number of hydrogen-bond acceptors (Lipinski definition) is 4. The first kappa shape index (κ1) is 17.9. The smallest absolute Gasteiger partial charge is 0.252 e. The third-order valence-electron chi connectivity index (χ3n) is 3.81. The van der Waals surface area contributed by atoms with E-state index in [2.05, 4.69) is 9.97 Å². The zero-order chi connectivity index (χ0) is 18.4. The van der Waals surface area contributed by atoms with E-state index < -0.39 is 0 Å². The topological polar surface area (TPSA) is 66.1 Å². The van der Waals surface area contributed by atoms with Crippen molar-refractivity contribution in [1.29, 1.82) is 0 Å². The lowest BCUT2D eigenvalue weighted by molar-refractivity contribution is -0.127. The van der Waals surface area contributed by atoms with E-state index in [1.165, 1.54) is 17.8 Å². The van der Waals surface area contributed by atoms with Gasteiger partial charge in [-0.05, 0) is 5.56 Å². The molecule has 0 saturated carbocycles. The molecule has 1 heterocycles. The molecule has 2 aromatic carbocycles. The van der Waals surface area contributed by atoms with E-state index >= 15 is 0 Å². The number of aromatic nitrogens is 2. The van der Waals surface area contributed by atoms with E-state index in [0.29, 0.717) is 17.4 Å². The maximum absolute atomic E-state index is 12.3. The number of rotatable bonds is 6. The van der Waals surface area contributed by atoms with E-state index in [-0.39, 0.29) is 17.2 Å². The number of carbonyl (C=O) groups excluding carboxylic acids is 1. The van der Waals surface area contributed by atoms with Gasteiger partial charge in [0, 0.05) is 25.2 Å². The van der Waals surface area contributed by atoms with Crippen molar-refractivity contribution in [3.63, 3.8) is 0 Å². The Balaban J connectivity index is 1.65. The maximum Gasteiger partial charge on any atom is 0.252 e. The third-order valence-corrected chi connectivity index (χ3v) is 4.67. The van der Waals surface area contributed by atoms with Crippen molar-refractivity contribution >= 4 is 17.7 Å². The molecule has 0 fully saturated rings. The molecule has 1 N–H and O–H groups in total. The summed E-state index contributed by atoms with van der Waals surface area (Å²) in [6.07, 6.45) is 0. The van der Waals surface area contributed by atoms with Gasteiger partial charge in [0.05, 0.1) is 11.4 Å². The van der Waals surface area contributed by atoms with Crippen LogP contribution < -0.4 is 5.56 Å². The summed E-state index contributed by atoms with van der Waals surface area (Å²) in [5.41, 5.74) is 2.31. The minimum absolute atomic E-state index is 0.0217. The molecule has 0 atom stereocenters. The van der Waals surface area contributed by atoms with E-state index in [1.807, 2.05) is 60.7 Å². The van der Waals surface area contributed by atoms with Crippen LogP contribution in [0.2, 0.25) is 0 Å². The Labute approximate surface area is 156 Å². The summed E-state index contributed by atoms with van der Waals surface area (Å²) >= 11 is 1.23. The van der Waals surface area contributed by atoms with Gasteiger partial charge in [-0.1, -0.05) is 72.4 Å². The minimum Gasteiger partial charge on any atom is -0.341 e. The quantitative estimate of drug-likeness (QED) is 0.538. The van der Waals surface area contributed by atoms with Crippen molar-refractivity contribution in [2.75, 3.05) is 12.8 Å². The lowest BCUT2D eigenvalue weighted by Gasteiger charge is -2.17. The minimum atomic E-state index is -0.230. The van der Waals surface area contributed by atoms with Crippen molar-refractivity contribution in [2.45, 2.75) is 11.7 Å². The fourth-order valence-corrected chi connectivity index (χ4v) is 3.26. The predicted molar refractivity (Wildman–Crippen MR) is 104 cm³/mol. The molecule has 6 heteroatoms. The van der Waals surface area contributed by atoms with Gasteiger partial charge in [0.15, 0.2) is 5.16 Å². The second-order valence-corrected chi connectivity index (χ2v) is 6.79. The van der Waals surface area contributed by atoms with Crippen LogP contribution in [-0.4, -0.2) is 33.6 Å². The normalized spacial score (nSPS) is 10.5. The number of nitrogens with zero attached hydrogens (tertiary/aromatic N) is 2. The number of thioether (sulfide) groups is 1. The number of hydrogen-bond donors (Lipinski definition) is 1. The van der Waals surface area contributed by atoms with Crippen LogP contribution in [-0.2, 0) is 11.3 Å². The zero-order valence-corrected chi connectivity index (χ0v) is 15.2. The van der Waals surface area contributed by atoms with Crippen molar-refractivity contribution in [1.82, 2.24) is 14.9 Å². The van der Waals surface area contributed by atoms with Crippen LogP contribution in [0.15, 0.2) is 76.7 Å². The van der Waals surface area contributed by atoms with Gasteiger partial charge < -0.3 is 9.88 Å². The number of benzene rings is 2. The number of H-pyrrole nitrogens is 1. The summed E-state index contributed by atoms with van der Waals surface area (Å²) < 4.78 is 0. The van der Waals surface area contributed by atoms with Gasteiger partial charge in [-0.3, -0.25) is 9.59 Å². The van der Waals surface area contributed by atoms with E-state index in [4.69, 9.17) is 0 Å². The highest BCUT2D eigenvalue weighted by atomic mass is 32.2. The fourth-order valence-electron chi connectivity index (χ4n) is 2.45. The summed E-state index contributed by atoms with van der Waals surface area (Å²) in [4.78, 5) is 33.1. The van der Waals surface area contributed by atoms with Crippen LogP contribution in [0.3, 0.4) is 0 Å². The lowest BCUT2D eigenvalue weighted by atomic mass is 10.1. The zero-order valence-electron chi connectivity index (χ0n) is 14.4. The molecular formula is C20H19N3O2S. The second kappa shape index (κ2) is 8.49. The van der Waals surface area contributed by atoms with Crippen molar-refractivity contribution in [3.05, 3.63) is 82.6 Å². The Hall–Kier alpha value is -2.86. The molecule has 1 amide bonds. The van der Waals surface area contributed by atoms with Gasteiger partial charge in [-0.25, -0.2) is 4.98 Å².